The van der Waals surface area contributed by atoms with Crippen LogP contribution in [0.5, 0.6) is 0 Å². The lowest BCUT2D eigenvalue weighted by atomic mass is 10.0. The van der Waals surface area contributed by atoms with Gasteiger partial charge in [-0.05, 0) is 70.6 Å². The van der Waals surface area contributed by atoms with Crippen molar-refractivity contribution in [3.63, 3.8) is 0 Å². The minimum absolute atomic E-state index is 0.0527. The van der Waals surface area contributed by atoms with Crippen LogP contribution in [0.3, 0.4) is 0 Å². The third-order valence-corrected chi connectivity index (χ3v) is 12.9. The van der Waals surface area contributed by atoms with Gasteiger partial charge in [0.05, 0.1) is 13.2 Å². The number of hydrogen-bond acceptors (Lipinski definition) is 8. The van der Waals surface area contributed by atoms with Crippen LogP contribution in [0.4, 0.5) is 0 Å². The molecule has 0 fully saturated rings. The third-order valence-electron chi connectivity index (χ3n) is 11.9. The van der Waals surface area contributed by atoms with Crippen molar-refractivity contribution in [2.24, 2.45) is 5.73 Å². The van der Waals surface area contributed by atoms with E-state index in [1.54, 1.807) is 0 Å². The molecule has 0 rings (SSSR count). The molecule has 0 bridgehead atoms. The first kappa shape index (κ1) is 64.7. The number of phosphoric acid groups is 1. The molecule has 390 valence electrons. The van der Waals surface area contributed by atoms with Crippen LogP contribution in [0, 0.1) is 0 Å². The van der Waals surface area contributed by atoms with E-state index in [4.69, 9.17) is 24.3 Å². The van der Waals surface area contributed by atoms with Crippen LogP contribution < -0.4 is 5.73 Å². The largest absolute Gasteiger partial charge is 0.472 e. The summed E-state index contributed by atoms with van der Waals surface area (Å²) >= 11 is 0. The predicted octanol–water partition coefficient (Wildman–Crippen LogP) is 17.2. The van der Waals surface area contributed by atoms with Gasteiger partial charge in [0.1, 0.15) is 6.61 Å². The Morgan fingerprint density at radius 2 is 0.821 bits per heavy atom. The Labute approximate surface area is 412 Å². The van der Waals surface area contributed by atoms with Gasteiger partial charge in [0.2, 0.25) is 0 Å². The van der Waals surface area contributed by atoms with E-state index in [9.17, 15) is 19.0 Å². The number of esters is 2. The Bertz CT molecular complexity index is 1280. The highest BCUT2D eigenvalue weighted by Crippen LogP contribution is 2.43. The second kappa shape index (κ2) is 53.1. The number of ether oxygens (including phenoxy) is 2. The Hall–Kier alpha value is -2.29. The summed E-state index contributed by atoms with van der Waals surface area (Å²) in [6.45, 7) is 3.59. The zero-order chi connectivity index (χ0) is 48.8. The van der Waals surface area contributed by atoms with Gasteiger partial charge in [-0.25, -0.2) is 4.57 Å². The van der Waals surface area contributed by atoms with Gasteiger partial charge in [0.15, 0.2) is 6.10 Å². The lowest BCUT2D eigenvalue weighted by Gasteiger charge is -2.19. The molecule has 0 heterocycles. The zero-order valence-corrected chi connectivity index (χ0v) is 44.3. The molecule has 0 amide bonds. The van der Waals surface area contributed by atoms with Crippen LogP contribution in [-0.2, 0) is 32.7 Å². The fourth-order valence-electron chi connectivity index (χ4n) is 7.79. The summed E-state index contributed by atoms with van der Waals surface area (Å²) in [5.74, 6) is -0.832. The highest BCUT2D eigenvalue weighted by atomic mass is 31.2. The van der Waals surface area contributed by atoms with Crippen LogP contribution in [0.2, 0.25) is 0 Å². The molecule has 0 radical (unpaired) electrons. The second-order valence-electron chi connectivity index (χ2n) is 18.4. The quantitative estimate of drug-likeness (QED) is 0.0264. The SMILES string of the molecule is CC/C=C\C/C=C\C/C=C\C/C=C\CCCCCCCCCCCCCCCCCCCCCCCCC(=O)OC(COC(=O)CCCCCCC/C=C\CCCC)COP(=O)(O)OCCN. The predicted molar refractivity (Wildman–Crippen MR) is 284 cm³/mol. The Kier molecular flexibility index (Phi) is 51.3. The molecule has 2 atom stereocenters. The van der Waals surface area contributed by atoms with Gasteiger partial charge in [0.25, 0.3) is 0 Å². The van der Waals surface area contributed by atoms with Crippen molar-refractivity contribution >= 4 is 19.8 Å². The average Bonchev–Trinajstić information content (AvgIpc) is 3.32. The molecule has 0 aliphatic heterocycles. The molecular weight excluding hydrogens is 858 g/mol. The first-order valence-corrected chi connectivity index (χ1v) is 29.3. The molecule has 0 aromatic heterocycles. The van der Waals surface area contributed by atoms with E-state index in [-0.39, 0.29) is 38.6 Å². The van der Waals surface area contributed by atoms with Crippen LogP contribution in [-0.4, -0.2) is 49.3 Å². The normalized spacial score (nSPS) is 13.6. The van der Waals surface area contributed by atoms with Crippen molar-refractivity contribution in [3.05, 3.63) is 60.8 Å². The summed E-state index contributed by atoms with van der Waals surface area (Å²) in [4.78, 5) is 35.0. The molecule has 0 spiro atoms. The number of unbranched alkanes of at least 4 members (excludes halogenated alkanes) is 29. The molecule has 67 heavy (non-hydrogen) atoms. The maximum Gasteiger partial charge on any atom is 0.472 e. The molecular formula is C57H104NO8P. The van der Waals surface area contributed by atoms with Gasteiger partial charge < -0.3 is 20.1 Å². The number of phosphoric ester groups is 1. The van der Waals surface area contributed by atoms with Crippen LogP contribution in [0.15, 0.2) is 60.8 Å². The zero-order valence-electron chi connectivity index (χ0n) is 43.4. The number of allylic oxidation sites excluding steroid dienone is 10. The molecule has 0 saturated heterocycles. The van der Waals surface area contributed by atoms with Crippen LogP contribution in [0.25, 0.3) is 0 Å². The monoisotopic (exact) mass is 962 g/mol. The van der Waals surface area contributed by atoms with E-state index < -0.39 is 26.5 Å². The molecule has 10 heteroatoms. The summed E-state index contributed by atoms with van der Waals surface area (Å²) in [5, 5.41) is 0. The number of nitrogens with two attached hydrogens (primary N) is 1. The Morgan fingerprint density at radius 1 is 0.463 bits per heavy atom. The van der Waals surface area contributed by atoms with Gasteiger partial charge in [-0.1, -0.05) is 235 Å². The van der Waals surface area contributed by atoms with E-state index in [0.717, 1.165) is 83.5 Å². The van der Waals surface area contributed by atoms with E-state index in [1.807, 2.05) is 0 Å². The van der Waals surface area contributed by atoms with E-state index in [1.165, 1.54) is 141 Å². The molecule has 0 aliphatic rings. The minimum atomic E-state index is -4.38. The van der Waals surface area contributed by atoms with Crippen molar-refractivity contribution in [1.29, 1.82) is 0 Å². The van der Waals surface area contributed by atoms with Crippen LogP contribution >= 0.6 is 7.82 Å². The number of carbonyl (C=O) groups excluding carboxylic acids is 2. The number of carbonyl (C=O) groups is 2. The number of rotatable bonds is 52. The van der Waals surface area contributed by atoms with Crippen molar-refractivity contribution in [2.75, 3.05) is 26.4 Å². The topological polar surface area (TPSA) is 134 Å². The van der Waals surface area contributed by atoms with E-state index in [0.29, 0.717) is 6.42 Å². The van der Waals surface area contributed by atoms with Gasteiger partial charge >= 0.3 is 19.8 Å². The van der Waals surface area contributed by atoms with Crippen molar-refractivity contribution in [2.45, 2.75) is 264 Å². The fourth-order valence-corrected chi connectivity index (χ4v) is 8.55. The average molecular weight is 962 g/mol. The molecule has 0 aromatic rings. The molecule has 9 nitrogen and oxygen atoms in total. The summed E-state index contributed by atoms with van der Waals surface area (Å²) in [5.41, 5.74) is 5.36. The second-order valence-corrected chi connectivity index (χ2v) is 19.9. The van der Waals surface area contributed by atoms with Crippen molar-refractivity contribution in [1.82, 2.24) is 0 Å². The summed E-state index contributed by atoms with van der Waals surface area (Å²) in [6, 6.07) is 0. The summed E-state index contributed by atoms with van der Waals surface area (Å²) in [6.07, 6.45) is 65.9. The lowest BCUT2D eigenvalue weighted by molar-refractivity contribution is -0.161. The van der Waals surface area contributed by atoms with Crippen LogP contribution in [0.1, 0.15) is 258 Å². The Morgan fingerprint density at radius 3 is 1.24 bits per heavy atom. The third kappa shape index (κ3) is 52.9. The minimum Gasteiger partial charge on any atom is -0.462 e. The van der Waals surface area contributed by atoms with Gasteiger partial charge in [-0.3, -0.25) is 18.6 Å². The van der Waals surface area contributed by atoms with Gasteiger partial charge in [0, 0.05) is 19.4 Å². The fraction of sp³-hybridized carbons (Fsp3) is 0.789. The lowest BCUT2D eigenvalue weighted by Crippen LogP contribution is -2.29. The van der Waals surface area contributed by atoms with Crippen molar-refractivity contribution < 1.29 is 37.6 Å². The molecule has 0 aromatic carbocycles. The maximum atomic E-state index is 12.7. The molecule has 0 aliphatic carbocycles. The first-order valence-electron chi connectivity index (χ1n) is 27.8. The van der Waals surface area contributed by atoms with Crippen molar-refractivity contribution in [3.8, 4) is 0 Å². The first-order chi connectivity index (χ1) is 32.8. The highest BCUT2D eigenvalue weighted by Gasteiger charge is 2.26. The molecule has 2 unspecified atom stereocenters. The summed E-state index contributed by atoms with van der Waals surface area (Å²) in [7, 11) is -4.38. The standard InChI is InChI=1S/C57H104NO8P/c1-3-5-7-9-11-13-15-16-17-18-19-20-21-22-23-24-25-26-27-28-29-30-31-32-33-34-35-36-37-38-40-42-44-46-48-50-57(60)66-55(54-65-67(61,62)64-52-51-58)53-63-56(59)49-47-45-43-41-39-14-12-10-8-6-4-2/h5,7,10-13,16-17,19-20,55H,3-4,6,8-9,14-15,18,21-54,58H2,1-2H3,(H,61,62)/b7-5-,12-10-,13-11-,17-16-,20-19-. The summed E-state index contributed by atoms with van der Waals surface area (Å²) < 4.78 is 32.9. The van der Waals surface area contributed by atoms with E-state index in [2.05, 4.69) is 74.6 Å². The maximum absolute atomic E-state index is 12.7. The number of hydrogen-bond donors (Lipinski definition) is 2. The highest BCUT2D eigenvalue weighted by molar-refractivity contribution is 7.47. The van der Waals surface area contributed by atoms with Gasteiger partial charge in [-0.2, -0.15) is 0 Å². The van der Waals surface area contributed by atoms with E-state index >= 15 is 0 Å². The Balaban J connectivity index is 3.79. The smallest absolute Gasteiger partial charge is 0.462 e. The van der Waals surface area contributed by atoms with Gasteiger partial charge in [-0.15, -0.1) is 0 Å². The molecule has 3 N–H and O–H groups in total. The molecule has 0 saturated carbocycles.